The Bertz CT molecular complexity index is 1700. The summed E-state index contributed by atoms with van der Waals surface area (Å²) in [5, 5.41) is 14.0. The summed E-state index contributed by atoms with van der Waals surface area (Å²) in [5.41, 5.74) is 3.38. The van der Waals surface area contributed by atoms with E-state index in [-0.39, 0.29) is 23.0 Å². The maximum absolute atomic E-state index is 13.7. The van der Waals surface area contributed by atoms with Crippen LogP contribution in [0.4, 0.5) is 0 Å². The van der Waals surface area contributed by atoms with E-state index in [1.54, 1.807) is 31.4 Å². The predicted octanol–water partition coefficient (Wildman–Crippen LogP) is 6.38. The molecule has 0 aliphatic rings. The van der Waals surface area contributed by atoms with E-state index in [4.69, 9.17) is 24.3 Å². The Morgan fingerprint density at radius 3 is 2.45 bits per heavy atom. The highest BCUT2D eigenvalue weighted by atomic mass is 79.9. The van der Waals surface area contributed by atoms with E-state index in [9.17, 15) is 9.59 Å². The molecule has 4 aromatic rings. The lowest BCUT2D eigenvalue weighted by molar-refractivity contribution is -0.139. The number of carboxylic acid groups (broad SMARTS) is 1. The van der Waals surface area contributed by atoms with Gasteiger partial charge in [0.2, 0.25) is 0 Å². The maximum atomic E-state index is 13.7. The number of carboxylic acids is 1. The van der Waals surface area contributed by atoms with Gasteiger partial charge in [0.1, 0.15) is 5.75 Å². The highest BCUT2D eigenvalue weighted by Crippen LogP contribution is 2.42. The Balaban J connectivity index is 1.94. The lowest BCUT2D eigenvalue weighted by atomic mass is 9.96. The van der Waals surface area contributed by atoms with Crippen LogP contribution < -0.4 is 19.8 Å². The van der Waals surface area contributed by atoms with Crippen LogP contribution >= 0.6 is 31.9 Å². The molecule has 0 unspecified atom stereocenters. The summed E-state index contributed by atoms with van der Waals surface area (Å²) in [4.78, 5) is 29.6. The van der Waals surface area contributed by atoms with Gasteiger partial charge in [-0.3, -0.25) is 4.79 Å². The number of carbonyl (C=O) groups is 1. The molecule has 0 amide bonds. The van der Waals surface area contributed by atoms with Gasteiger partial charge in [0, 0.05) is 15.6 Å². The van der Waals surface area contributed by atoms with Gasteiger partial charge in [-0.1, -0.05) is 26.0 Å². The molecule has 0 aliphatic carbocycles. The Morgan fingerprint density at radius 1 is 1.10 bits per heavy atom. The molecule has 0 radical (unpaired) electrons. The first kappa shape index (κ1) is 29.3. The summed E-state index contributed by atoms with van der Waals surface area (Å²) < 4.78 is 18.7. The van der Waals surface area contributed by atoms with Crippen LogP contribution in [-0.2, 0) is 4.79 Å². The lowest BCUT2D eigenvalue weighted by Gasteiger charge is -2.17. The number of methoxy groups -OCH3 is 2. The Labute approximate surface area is 247 Å². The molecule has 0 spiro atoms. The van der Waals surface area contributed by atoms with Gasteiger partial charge in [-0.15, -0.1) is 0 Å². The van der Waals surface area contributed by atoms with E-state index in [1.807, 2.05) is 25.1 Å². The van der Waals surface area contributed by atoms with Crippen molar-refractivity contribution in [2.75, 3.05) is 20.8 Å². The number of benzene rings is 3. The van der Waals surface area contributed by atoms with E-state index in [2.05, 4.69) is 50.8 Å². The van der Waals surface area contributed by atoms with Gasteiger partial charge in [-0.05, 0) is 86.2 Å². The topological polar surface area (TPSA) is 112 Å². The molecule has 4 rings (SSSR count). The standard InChI is InChI=1S/C29H27Br2N3O6/c1-15(2)19-12-20(16(3)10-22(19)38-4)28-33-21-9-7-6-8-18(21)29(37)34(28)32-13-17-11-23(39-5)27(26(31)25(17)30)40-14-24(35)36/h6-13,15H,14H2,1-5H3,(H,35,36). The van der Waals surface area contributed by atoms with E-state index >= 15 is 0 Å². The third-order valence-electron chi connectivity index (χ3n) is 6.22. The zero-order valence-electron chi connectivity index (χ0n) is 22.5. The highest BCUT2D eigenvalue weighted by molar-refractivity contribution is 9.13. The van der Waals surface area contributed by atoms with Gasteiger partial charge < -0.3 is 19.3 Å². The number of aromatic nitrogens is 2. The average Bonchev–Trinajstić information content (AvgIpc) is 2.93. The quantitative estimate of drug-likeness (QED) is 0.205. The van der Waals surface area contributed by atoms with Gasteiger partial charge in [0.25, 0.3) is 5.56 Å². The molecule has 0 saturated carbocycles. The fraction of sp³-hybridized carbons (Fsp3) is 0.241. The lowest BCUT2D eigenvalue weighted by Crippen LogP contribution is -2.21. The molecule has 0 saturated heterocycles. The molecule has 1 heterocycles. The second-order valence-electron chi connectivity index (χ2n) is 9.19. The van der Waals surface area contributed by atoms with Crippen LogP contribution in [0.15, 0.2) is 61.3 Å². The fourth-order valence-corrected chi connectivity index (χ4v) is 5.15. The molecular formula is C29H27Br2N3O6. The van der Waals surface area contributed by atoms with Crippen molar-refractivity contribution in [1.29, 1.82) is 0 Å². The number of ether oxygens (including phenoxy) is 3. The van der Waals surface area contributed by atoms with E-state index in [1.165, 1.54) is 18.0 Å². The normalized spacial score (nSPS) is 11.4. The average molecular weight is 673 g/mol. The summed E-state index contributed by atoms with van der Waals surface area (Å²) >= 11 is 6.95. The number of halogens is 2. The molecule has 1 N–H and O–H groups in total. The van der Waals surface area contributed by atoms with Crippen molar-refractivity contribution in [3.8, 4) is 28.6 Å². The van der Waals surface area contributed by atoms with Gasteiger partial charge in [-0.25, -0.2) is 9.78 Å². The molecule has 208 valence electrons. The van der Waals surface area contributed by atoms with E-state index in [0.29, 0.717) is 31.2 Å². The van der Waals surface area contributed by atoms with Gasteiger partial charge in [0.15, 0.2) is 23.9 Å². The highest BCUT2D eigenvalue weighted by Gasteiger charge is 2.20. The molecule has 3 aromatic carbocycles. The molecule has 0 fully saturated rings. The first-order valence-electron chi connectivity index (χ1n) is 12.2. The summed E-state index contributed by atoms with van der Waals surface area (Å²) in [7, 11) is 3.08. The van der Waals surface area contributed by atoms with Crippen molar-refractivity contribution in [1.82, 2.24) is 9.66 Å². The summed E-state index contributed by atoms with van der Waals surface area (Å²) in [6.45, 7) is 5.53. The number of hydrogen-bond acceptors (Lipinski definition) is 7. The molecular weight excluding hydrogens is 646 g/mol. The van der Waals surface area contributed by atoms with Gasteiger partial charge >= 0.3 is 5.97 Å². The summed E-state index contributed by atoms with van der Waals surface area (Å²) in [5.74, 6) is 0.691. The fourth-order valence-electron chi connectivity index (χ4n) is 4.21. The molecule has 0 atom stereocenters. The van der Waals surface area contributed by atoms with Crippen molar-refractivity contribution in [3.05, 3.63) is 78.5 Å². The minimum Gasteiger partial charge on any atom is -0.496 e. The van der Waals surface area contributed by atoms with Crippen LogP contribution in [0.3, 0.4) is 0 Å². The van der Waals surface area contributed by atoms with Crippen LogP contribution in [-0.4, -0.2) is 47.8 Å². The summed E-state index contributed by atoms with van der Waals surface area (Å²) in [6.07, 6.45) is 1.50. The van der Waals surface area contributed by atoms with Crippen molar-refractivity contribution < 1.29 is 24.1 Å². The first-order valence-corrected chi connectivity index (χ1v) is 13.8. The van der Waals surface area contributed by atoms with Crippen molar-refractivity contribution in [2.24, 2.45) is 5.10 Å². The minimum absolute atomic E-state index is 0.168. The van der Waals surface area contributed by atoms with Crippen LogP contribution in [0.2, 0.25) is 0 Å². The number of aliphatic carboxylic acids is 1. The smallest absolute Gasteiger partial charge is 0.341 e. The van der Waals surface area contributed by atoms with Crippen molar-refractivity contribution in [3.63, 3.8) is 0 Å². The molecule has 9 nitrogen and oxygen atoms in total. The number of aryl methyl sites for hydroxylation is 1. The Kier molecular flexibility index (Phi) is 8.95. The number of fused-ring (bicyclic) bond motifs is 1. The second-order valence-corrected chi connectivity index (χ2v) is 10.8. The summed E-state index contributed by atoms with van der Waals surface area (Å²) in [6, 6.07) is 12.7. The van der Waals surface area contributed by atoms with Gasteiger partial charge in [0.05, 0.1) is 35.8 Å². The first-order chi connectivity index (χ1) is 19.1. The minimum atomic E-state index is -1.12. The zero-order chi connectivity index (χ0) is 29.1. The maximum Gasteiger partial charge on any atom is 0.341 e. The number of hydrogen-bond donors (Lipinski definition) is 1. The third-order valence-corrected chi connectivity index (χ3v) is 8.36. The second kappa shape index (κ2) is 12.2. The predicted molar refractivity (Wildman–Crippen MR) is 161 cm³/mol. The molecule has 11 heteroatoms. The van der Waals surface area contributed by atoms with E-state index in [0.717, 1.165) is 22.4 Å². The molecule has 40 heavy (non-hydrogen) atoms. The third kappa shape index (κ3) is 5.75. The number of para-hydroxylation sites is 1. The Hall–Kier alpha value is -3.70. The van der Waals surface area contributed by atoms with Gasteiger partial charge in [-0.2, -0.15) is 9.78 Å². The molecule has 1 aromatic heterocycles. The van der Waals surface area contributed by atoms with Crippen LogP contribution in [0.1, 0.15) is 36.5 Å². The molecule has 0 bridgehead atoms. The van der Waals surface area contributed by atoms with Crippen molar-refractivity contribution >= 4 is 54.9 Å². The zero-order valence-corrected chi connectivity index (χ0v) is 25.7. The van der Waals surface area contributed by atoms with Crippen LogP contribution in [0.5, 0.6) is 17.2 Å². The number of nitrogens with zero attached hydrogens (tertiary/aromatic N) is 3. The van der Waals surface area contributed by atoms with Crippen LogP contribution in [0.25, 0.3) is 22.3 Å². The number of rotatable bonds is 9. The van der Waals surface area contributed by atoms with Crippen LogP contribution in [0, 0.1) is 6.92 Å². The molecule has 0 aliphatic heterocycles. The Morgan fingerprint density at radius 2 is 1.80 bits per heavy atom. The van der Waals surface area contributed by atoms with Crippen molar-refractivity contribution in [2.45, 2.75) is 26.7 Å². The monoisotopic (exact) mass is 671 g/mol. The SMILES string of the molecule is COc1cc(C)c(-c2nc3ccccc3c(=O)n2N=Cc2cc(OC)c(OCC(=O)O)c(Br)c2Br)cc1C(C)C. The largest absolute Gasteiger partial charge is 0.496 e. The van der Waals surface area contributed by atoms with E-state index < -0.39 is 12.6 Å².